The first-order valence-electron chi connectivity index (χ1n) is 4.67. The van der Waals surface area contributed by atoms with Crippen molar-refractivity contribution in [1.82, 2.24) is 9.78 Å². The van der Waals surface area contributed by atoms with Gasteiger partial charge in [-0.25, -0.2) is 4.79 Å². The zero-order chi connectivity index (χ0) is 10.9. The summed E-state index contributed by atoms with van der Waals surface area (Å²) in [4.78, 5) is 11.4. The molecule has 1 aromatic heterocycles. The fourth-order valence-electron chi connectivity index (χ4n) is 1.76. The molecule has 0 saturated carbocycles. The third-order valence-corrected chi connectivity index (χ3v) is 4.06. The van der Waals surface area contributed by atoms with Crippen molar-refractivity contribution in [1.29, 1.82) is 0 Å². The van der Waals surface area contributed by atoms with Crippen LogP contribution in [0.15, 0.2) is 12.4 Å². The third kappa shape index (κ3) is 1.86. The molecule has 6 heteroatoms. The normalized spacial score (nSPS) is 26.5. The molecule has 82 valence electrons. The van der Waals surface area contributed by atoms with Gasteiger partial charge in [-0.15, -0.1) is 0 Å². The van der Waals surface area contributed by atoms with Gasteiger partial charge in [-0.05, 0) is 18.6 Å². The Morgan fingerprint density at radius 2 is 2.53 bits per heavy atom. The number of nitrogens with zero attached hydrogens (tertiary/aromatic N) is 2. The van der Waals surface area contributed by atoms with E-state index >= 15 is 0 Å². The van der Waals surface area contributed by atoms with Crippen LogP contribution < -0.4 is 0 Å². The van der Waals surface area contributed by atoms with Crippen molar-refractivity contribution in [2.24, 2.45) is 0 Å². The molecule has 4 nitrogen and oxygen atoms in total. The number of carboxylic acid groups (broad SMARTS) is 1. The minimum atomic E-state index is -0.907. The fourth-order valence-corrected chi connectivity index (χ4v) is 3.13. The van der Waals surface area contributed by atoms with E-state index in [4.69, 9.17) is 11.6 Å². The first-order chi connectivity index (χ1) is 7.15. The maximum absolute atomic E-state index is 11.4. The second-order valence-electron chi connectivity index (χ2n) is 3.60. The molecule has 1 fully saturated rings. The Hall–Kier alpha value is -0.680. The topological polar surface area (TPSA) is 55.1 Å². The highest BCUT2D eigenvalue weighted by atomic mass is 35.5. The van der Waals surface area contributed by atoms with Crippen molar-refractivity contribution in [3.05, 3.63) is 17.4 Å². The Labute approximate surface area is 96.6 Å². The standard InChI is InChI=1S/C9H11ClN2O2S/c10-7-4-11-12(5-7)9(8(13)14)2-1-3-15-6-9/h4-5H,1-3,6H2,(H,13,14). The molecule has 0 radical (unpaired) electrons. The predicted octanol–water partition coefficient (Wildman–Crippen LogP) is 1.84. The van der Waals surface area contributed by atoms with Crippen LogP contribution >= 0.6 is 23.4 Å². The first-order valence-corrected chi connectivity index (χ1v) is 6.20. The van der Waals surface area contributed by atoms with Gasteiger partial charge in [0.05, 0.1) is 11.2 Å². The Morgan fingerprint density at radius 3 is 3.00 bits per heavy atom. The Kier molecular flexibility index (Phi) is 2.93. The van der Waals surface area contributed by atoms with Crippen LogP contribution in [0.2, 0.25) is 5.02 Å². The molecule has 2 heterocycles. The van der Waals surface area contributed by atoms with Gasteiger partial charge < -0.3 is 5.11 Å². The molecule has 0 amide bonds. The lowest BCUT2D eigenvalue weighted by Gasteiger charge is -2.32. The Morgan fingerprint density at radius 1 is 1.73 bits per heavy atom. The van der Waals surface area contributed by atoms with Crippen molar-refractivity contribution in [3.8, 4) is 0 Å². The number of aliphatic carboxylic acids is 1. The molecule has 0 spiro atoms. The van der Waals surface area contributed by atoms with Gasteiger partial charge >= 0.3 is 5.97 Å². The van der Waals surface area contributed by atoms with E-state index in [-0.39, 0.29) is 0 Å². The molecule has 0 aromatic carbocycles. The van der Waals surface area contributed by atoms with E-state index in [0.717, 1.165) is 12.2 Å². The van der Waals surface area contributed by atoms with Crippen LogP contribution in [0.5, 0.6) is 0 Å². The lowest BCUT2D eigenvalue weighted by molar-refractivity contribution is -0.147. The summed E-state index contributed by atoms with van der Waals surface area (Å²) in [6.45, 7) is 0. The Bertz CT molecular complexity index is 374. The molecule has 1 saturated heterocycles. The van der Waals surface area contributed by atoms with Gasteiger partial charge in [-0.2, -0.15) is 16.9 Å². The van der Waals surface area contributed by atoms with Gasteiger partial charge in [-0.1, -0.05) is 11.6 Å². The fraction of sp³-hybridized carbons (Fsp3) is 0.556. The van der Waals surface area contributed by atoms with Gasteiger partial charge in [0, 0.05) is 11.9 Å². The maximum Gasteiger partial charge on any atom is 0.332 e. The van der Waals surface area contributed by atoms with Crippen molar-refractivity contribution in [2.45, 2.75) is 18.4 Å². The van der Waals surface area contributed by atoms with Crippen molar-refractivity contribution >= 4 is 29.3 Å². The zero-order valence-electron chi connectivity index (χ0n) is 8.02. The van der Waals surface area contributed by atoms with E-state index in [0.29, 0.717) is 17.2 Å². The van der Waals surface area contributed by atoms with Crippen LogP contribution in [0.3, 0.4) is 0 Å². The molecule has 1 aliphatic heterocycles. The summed E-state index contributed by atoms with van der Waals surface area (Å²) in [5.74, 6) is 0.749. The highest BCUT2D eigenvalue weighted by molar-refractivity contribution is 7.99. The number of aromatic nitrogens is 2. The average molecular weight is 247 g/mol. The van der Waals surface area contributed by atoms with Crippen molar-refractivity contribution in [3.63, 3.8) is 0 Å². The molecule has 1 aromatic rings. The van der Waals surface area contributed by atoms with E-state index in [1.54, 1.807) is 18.0 Å². The van der Waals surface area contributed by atoms with Crippen LogP contribution in [0.1, 0.15) is 12.8 Å². The number of hydrogen-bond donors (Lipinski definition) is 1. The summed E-state index contributed by atoms with van der Waals surface area (Å²) in [6.07, 6.45) is 4.58. The molecule has 1 atom stereocenters. The van der Waals surface area contributed by atoms with Gasteiger partial charge in [0.1, 0.15) is 0 Å². The number of rotatable bonds is 2. The van der Waals surface area contributed by atoms with Crippen LogP contribution in [0.4, 0.5) is 0 Å². The lowest BCUT2D eigenvalue weighted by atomic mass is 9.96. The van der Waals surface area contributed by atoms with E-state index in [2.05, 4.69) is 5.10 Å². The molecule has 0 aliphatic carbocycles. The molecule has 0 bridgehead atoms. The quantitative estimate of drug-likeness (QED) is 0.865. The van der Waals surface area contributed by atoms with Gasteiger partial charge in [0.15, 0.2) is 5.54 Å². The lowest BCUT2D eigenvalue weighted by Crippen LogP contribution is -2.46. The summed E-state index contributed by atoms with van der Waals surface area (Å²) in [5, 5.41) is 13.8. The van der Waals surface area contributed by atoms with Gasteiger partial charge in [-0.3, -0.25) is 4.68 Å². The highest BCUT2D eigenvalue weighted by Crippen LogP contribution is 2.33. The smallest absolute Gasteiger partial charge is 0.332 e. The van der Waals surface area contributed by atoms with Crippen LogP contribution in [0.25, 0.3) is 0 Å². The minimum Gasteiger partial charge on any atom is -0.479 e. The molecule has 15 heavy (non-hydrogen) atoms. The van der Waals surface area contributed by atoms with E-state index < -0.39 is 11.5 Å². The summed E-state index contributed by atoms with van der Waals surface area (Å²) in [5.41, 5.74) is -0.907. The number of halogens is 1. The molecule has 1 unspecified atom stereocenters. The zero-order valence-corrected chi connectivity index (χ0v) is 9.59. The number of hydrogen-bond acceptors (Lipinski definition) is 3. The van der Waals surface area contributed by atoms with Crippen LogP contribution in [-0.4, -0.2) is 32.4 Å². The largest absolute Gasteiger partial charge is 0.479 e. The van der Waals surface area contributed by atoms with Crippen molar-refractivity contribution in [2.75, 3.05) is 11.5 Å². The monoisotopic (exact) mass is 246 g/mol. The third-order valence-electron chi connectivity index (χ3n) is 2.61. The second kappa shape index (κ2) is 4.06. The number of carboxylic acids is 1. The van der Waals surface area contributed by atoms with Crippen LogP contribution in [0, 0.1) is 0 Å². The maximum atomic E-state index is 11.4. The molecular formula is C9H11ClN2O2S. The second-order valence-corrected chi connectivity index (χ2v) is 5.14. The SMILES string of the molecule is O=C(O)C1(n2cc(Cl)cn2)CCCSC1. The van der Waals surface area contributed by atoms with Gasteiger partial charge in [0.25, 0.3) is 0 Å². The number of thioether (sulfide) groups is 1. The summed E-state index contributed by atoms with van der Waals surface area (Å²) >= 11 is 7.41. The van der Waals surface area contributed by atoms with E-state index in [1.165, 1.54) is 10.9 Å². The highest BCUT2D eigenvalue weighted by Gasteiger charge is 2.42. The van der Waals surface area contributed by atoms with Crippen molar-refractivity contribution < 1.29 is 9.90 Å². The Balaban J connectivity index is 2.37. The van der Waals surface area contributed by atoms with Crippen LogP contribution in [-0.2, 0) is 10.3 Å². The molecular weight excluding hydrogens is 236 g/mol. The molecule has 1 aliphatic rings. The molecule has 1 N–H and O–H groups in total. The minimum absolute atomic E-state index is 0.478. The number of carbonyl (C=O) groups is 1. The average Bonchev–Trinajstić information content (AvgIpc) is 2.66. The predicted molar refractivity (Wildman–Crippen MR) is 59.4 cm³/mol. The summed E-state index contributed by atoms with van der Waals surface area (Å²) in [7, 11) is 0. The first kappa shape index (κ1) is 10.8. The summed E-state index contributed by atoms with van der Waals surface area (Å²) < 4.78 is 1.49. The summed E-state index contributed by atoms with van der Waals surface area (Å²) in [6, 6.07) is 0. The van der Waals surface area contributed by atoms with Gasteiger partial charge in [0.2, 0.25) is 0 Å². The van der Waals surface area contributed by atoms with E-state index in [1.807, 2.05) is 0 Å². The molecule has 2 rings (SSSR count). The van der Waals surface area contributed by atoms with E-state index in [9.17, 15) is 9.90 Å².